The number of nitrogens with one attached hydrogen (secondary N) is 1. The smallest absolute Gasteiger partial charge is 0.265 e. The number of nitrogen functional groups attached to an aromatic ring is 1. The molecule has 0 fully saturated rings. The average molecular weight is 270 g/mol. The van der Waals surface area contributed by atoms with Gasteiger partial charge in [0.2, 0.25) is 0 Å². The van der Waals surface area contributed by atoms with Gasteiger partial charge in [-0.1, -0.05) is 18.2 Å². The van der Waals surface area contributed by atoms with Crippen LogP contribution in [0.25, 0.3) is 0 Å². The van der Waals surface area contributed by atoms with Gasteiger partial charge in [-0.05, 0) is 23.8 Å². The summed E-state index contributed by atoms with van der Waals surface area (Å²) in [6.45, 7) is 0. The van der Waals surface area contributed by atoms with E-state index in [1.807, 2.05) is 24.3 Å². The first-order chi connectivity index (χ1) is 9.63. The number of rotatable bonds is 2. The van der Waals surface area contributed by atoms with Crippen molar-refractivity contribution in [1.82, 2.24) is 0 Å². The fraction of sp³-hybridized carbons (Fsp3) is 0.133. The van der Waals surface area contributed by atoms with E-state index in [1.54, 1.807) is 6.07 Å². The zero-order valence-electron chi connectivity index (χ0n) is 10.7. The van der Waals surface area contributed by atoms with Crippen LogP contribution < -0.4 is 15.8 Å². The molecule has 1 aliphatic heterocycles. The van der Waals surface area contributed by atoms with E-state index in [2.05, 4.69) is 5.32 Å². The zero-order chi connectivity index (χ0) is 14.1. The Kier molecular flexibility index (Phi) is 2.95. The predicted molar refractivity (Wildman–Crippen MR) is 75.7 cm³/mol. The Morgan fingerprint density at radius 1 is 1.30 bits per heavy atom. The third-order valence-corrected chi connectivity index (χ3v) is 3.23. The molecule has 0 radical (unpaired) electrons. The first-order valence-corrected chi connectivity index (χ1v) is 6.27. The minimum Gasteiger partial charge on any atom is -0.508 e. The maximum absolute atomic E-state index is 12.2. The number of carbonyl (C=O) groups excluding carboxylic acids is 1. The lowest BCUT2D eigenvalue weighted by Gasteiger charge is -2.13. The average Bonchev–Trinajstić information content (AvgIpc) is 2.86. The number of para-hydroxylation sites is 1. The standard InChI is InChI=1S/C15H14N2O3/c16-11-8-10(18)5-6-12(11)17-15(19)14-7-9-3-1-2-4-13(9)20-14/h1-6,8,14,18H,7,16H2,(H,17,19). The first-order valence-electron chi connectivity index (χ1n) is 6.27. The lowest BCUT2D eigenvalue weighted by atomic mass is 10.1. The number of hydrogen-bond acceptors (Lipinski definition) is 4. The van der Waals surface area contributed by atoms with Gasteiger partial charge in [-0.15, -0.1) is 0 Å². The summed E-state index contributed by atoms with van der Waals surface area (Å²) in [7, 11) is 0. The van der Waals surface area contributed by atoms with Gasteiger partial charge in [0, 0.05) is 12.5 Å². The Morgan fingerprint density at radius 2 is 2.10 bits per heavy atom. The SMILES string of the molecule is Nc1cc(O)ccc1NC(=O)C1Cc2ccccc2O1. The minimum absolute atomic E-state index is 0.0602. The number of phenolic OH excluding ortho intramolecular Hbond substituents is 1. The molecule has 1 amide bonds. The molecule has 1 unspecified atom stereocenters. The highest BCUT2D eigenvalue weighted by atomic mass is 16.5. The van der Waals surface area contributed by atoms with E-state index in [-0.39, 0.29) is 11.7 Å². The van der Waals surface area contributed by atoms with E-state index in [0.29, 0.717) is 17.8 Å². The molecule has 0 aromatic heterocycles. The maximum Gasteiger partial charge on any atom is 0.265 e. The number of fused-ring (bicyclic) bond motifs is 1. The number of amides is 1. The largest absolute Gasteiger partial charge is 0.508 e. The second kappa shape index (κ2) is 4.77. The van der Waals surface area contributed by atoms with Gasteiger partial charge in [0.15, 0.2) is 6.10 Å². The topological polar surface area (TPSA) is 84.6 Å². The van der Waals surface area contributed by atoms with Crippen molar-refractivity contribution in [2.24, 2.45) is 0 Å². The molecule has 2 aromatic carbocycles. The molecule has 1 heterocycles. The Balaban J connectivity index is 1.72. The third kappa shape index (κ3) is 2.25. The number of phenols is 1. The lowest BCUT2D eigenvalue weighted by molar-refractivity contribution is -0.122. The molecule has 5 nitrogen and oxygen atoms in total. The fourth-order valence-corrected chi connectivity index (χ4v) is 2.21. The quantitative estimate of drug-likeness (QED) is 0.575. The summed E-state index contributed by atoms with van der Waals surface area (Å²) in [5, 5.41) is 12.0. The predicted octanol–water partition coefficient (Wildman–Crippen LogP) is 1.92. The fourth-order valence-electron chi connectivity index (χ4n) is 2.21. The number of nitrogens with two attached hydrogens (primary N) is 1. The minimum atomic E-state index is -0.555. The number of benzene rings is 2. The molecule has 0 spiro atoms. The van der Waals surface area contributed by atoms with Crippen molar-refractivity contribution in [3.05, 3.63) is 48.0 Å². The maximum atomic E-state index is 12.2. The second-order valence-corrected chi connectivity index (χ2v) is 4.68. The van der Waals surface area contributed by atoms with Gasteiger partial charge in [0.1, 0.15) is 11.5 Å². The molecule has 2 aromatic rings. The van der Waals surface area contributed by atoms with Gasteiger partial charge in [0.05, 0.1) is 11.4 Å². The highest BCUT2D eigenvalue weighted by molar-refractivity contribution is 5.97. The van der Waals surface area contributed by atoms with Gasteiger partial charge < -0.3 is 20.9 Å². The van der Waals surface area contributed by atoms with E-state index >= 15 is 0 Å². The number of hydrogen-bond donors (Lipinski definition) is 3. The van der Waals surface area contributed by atoms with Crippen molar-refractivity contribution in [3.8, 4) is 11.5 Å². The monoisotopic (exact) mass is 270 g/mol. The molecule has 0 bridgehead atoms. The van der Waals surface area contributed by atoms with E-state index in [9.17, 15) is 9.90 Å². The second-order valence-electron chi connectivity index (χ2n) is 4.68. The molecule has 3 rings (SSSR count). The summed E-state index contributed by atoms with van der Waals surface area (Å²) in [6.07, 6.45) is -0.0133. The van der Waals surface area contributed by atoms with Crippen molar-refractivity contribution in [2.75, 3.05) is 11.1 Å². The normalized spacial score (nSPS) is 16.3. The Bertz CT molecular complexity index is 645. The summed E-state index contributed by atoms with van der Waals surface area (Å²) >= 11 is 0. The molecular weight excluding hydrogens is 256 g/mol. The number of carbonyl (C=O) groups is 1. The molecular formula is C15H14N2O3. The number of ether oxygens (including phenoxy) is 1. The Morgan fingerprint density at radius 3 is 2.85 bits per heavy atom. The molecule has 20 heavy (non-hydrogen) atoms. The lowest BCUT2D eigenvalue weighted by Crippen LogP contribution is -2.31. The summed E-state index contributed by atoms with van der Waals surface area (Å²) in [6, 6.07) is 12.0. The van der Waals surface area contributed by atoms with Crippen LogP contribution in [0, 0.1) is 0 Å². The summed E-state index contributed by atoms with van der Waals surface area (Å²) in [5.41, 5.74) is 7.54. The van der Waals surface area contributed by atoms with Crippen molar-refractivity contribution < 1.29 is 14.6 Å². The van der Waals surface area contributed by atoms with Crippen LogP contribution in [0.4, 0.5) is 11.4 Å². The molecule has 1 aliphatic rings. The van der Waals surface area contributed by atoms with E-state index in [1.165, 1.54) is 12.1 Å². The van der Waals surface area contributed by atoms with Gasteiger partial charge in [0.25, 0.3) is 5.91 Å². The van der Waals surface area contributed by atoms with Crippen molar-refractivity contribution in [2.45, 2.75) is 12.5 Å². The van der Waals surface area contributed by atoms with Crippen LogP contribution >= 0.6 is 0 Å². The van der Waals surface area contributed by atoms with Crippen LogP contribution in [-0.2, 0) is 11.2 Å². The first kappa shape index (κ1) is 12.3. The molecule has 102 valence electrons. The summed E-state index contributed by atoms with van der Waals surface area (Å²) in [5.74, 6) is 0.551. The van der Waals surface area contributed by atoms with Gasteiger partial charge >= 0.3 is 0 Å². The van der Waals surface area contributed by atoms with Crippen LogP contribution in [0.1, 0.15) is 5.56 Å². The summed E-state index contributed by atoms with van der Waals surface area (Å²) < 4.78 is 5.60. The van der Waals surface area contributed by atoms with Gasteiger partial charge in [-0.3, -0.25) is 4.79 Å². The molecule has 0 aliphatic carbocycles. The Labute approximate surface area is 116 Å². The number of aromatic hydroxyl groups is 1. The number of anilines is 2. The molecule has 4 N–H and O–H groups in total. The highest BCUT2D eigenvalue weighted by Crippen LogP contribution is 2.29. The van der Waals surface area contributed by atoms with E-state index in [0.717, 1.165) is 11.3 Å². The van der Waals surface area contributed by atoms with Gasteiger partial charge in [-0.2, -0.15) is 0 Å². The van der Waals surface area contributed by atoms with Crippen molar-refractivity contribution >= 4 is 17.3 Å². The molecule has 1 atom stereocenters. The highest BCUT2D eigenvalue weighted by Gasteiger charge is 2.29. The zero-order valence-corrected chi connectivity index (χ0v) is 10.7. The van der Waals surface area contributed by atoms with Crippen LogP contribution in [0.2, 0.25) is 0 Å². The van der Waals surface area contributed by atoms with Crippen LogP contribution in [0.15, 0.2) is 42.5 Å². The molecule has 0 saturated carbocycles. The van der Waals surface area contributed by atoms with Crippen LogP contribution in [0.3, 0.4) is 0 Å². The van der Waals surface area contributed by atoms with Crippen LogP contribution in [-0.4, -0.2) is 17.1 Å². The van der Waals surface area contributed by atoms with Gasteiger partial charge in [-0.25, -0.2) is 0 Å². The van der Waals surface area contributed by atoms with E-state index < -0.39 is 6.10 Å². The van der Waals surface area contributed by atoms with Crippen molar-refractivity contribution in [3.63, 3.8) is 0 Å². The van der Waals surface area contributed by atoms with Crippen molar-refractivity contribution in [1.29, 1.82) is 0 Å². The molecule has 5 heteroatoms. The Hall–Kier alpha value is -2.69. The third-order valence-electron chi connectivity index (χ3n) is 3.23. The van der Waals surface area contributed by atoms with E-state index in [4.69, 9.17) is 10.5 Å². The van der Waals surface area contributed by atoms with Crippen LogP contribution in [0.5, 0.6) is 11.5 Å². The summed E-state index contributed by atoms with van der Waals surface area (Å²) in [4.78, 5) is 12.2. The molecule has 0 saturated heterocycles.